The van der Waals surface area contributed by atoms with Crippen molar-refractivity contribution in [2.24, 2.45) is 0 Å². The quantitative estimate of drug-likeness (QED) is 0.0214. The van der Waals surface area contributed by atoms with Gasteiger partial charge in [-0.15, -0.1) is 0 Å². The Labute approximate surface area is 381 Å². The molecule has 1 N–H and O–H groups in total. The number of esters is 1. The molecule has 0 spiro atoms. The van der Waals surface area contributed by atoms with Crippen LogP contribution in [0.15, 0.2) is 97.2 Å². The van der Waals surface area contributed by atoms with Gasteiger partial charge in [-0.05, 0) is 89.9 Å². The number of likely N-dealkylation sites (N-methyl/N-ethyl adjacent to an activating group) is 1. The summed E-state index contributed by atoms with van der Waals surface area (Å²) in [6.07, 6.45) is 61.6. The standard InChI is InChI=1S/C53H92NO7P/c1-6-8-10-12-14-16-18-20-22-23-24-25-26-27-28-29-30-31-32-34-36-38-40-42-44-46-53(55)61-52(51-60-62(56,57)59-49-47-54(3,4)5)50-58-48-45-43-41-39-37-35-33-21-19-17-15-13-11-9-7-2/h8,10,13-16,19-22,24-25,27-28,30-31,52H,6-7,9,11-12,17-18,23,26,29,32-51H2,1-5H3/p+1/b10-8-,15-13-,16-14-,21-19-,22-20-,25-24-,28-27-,31-30-. The molecular weight excluding hydrogens is 794 g/mol. The van der Waals surface area contributed by atoms with Gasteiger partial charge in [0.15, 0.2) is 0 Å². The maximum atomic E-state index is 12.7. The van der Waals surface area contributed by atoms with Crippen LogP contribution in [0.25, 0.3) is 0 Å². The number of quaternary nitrogens is 1. The maximum Gasteiger partial charge on any atom is 0.472 e. The Balaban J connectivity index is 4.23. The summed E-state index contributed by atoms with van der Waals surface area (Å²) >= 11 is 0. The Morgan fingerprint density at radius 3 is 1.40 bits per heavy atom. The number of phosphoric ester groups is 1. The summed E-state index contributed by atoms with van der Waals surface area (Å²) in [7, 11) is 1.63. The van der Waals surface area contributed by atoms with Crippen LogP contribution >= 0.6 is 7.82 Å². The lowest BCUT2D eigenvalue weighted by Gasteiger charge is -2.24. The number of carbonyl (C=O) groups is 1. The number of allylic oxidation sites excluding steroid dienone is 16. The van der Waals surface area contributed by atoms with Gasteiger partial charge < -0.3 is 18.9 Å². The minimum Gasteiger partial charge on any atom is -0.457 e. The molecule has 0 aromatic heterocycles. The maximum absolute atomic E-state index is 12.7. The third-order valence-electron chi connectivity index (χ3n) is 9.88. The Morgan fingerprint density at radius 1 is 0.516 bits per heavy atom. The van der Waals surface area contributed by atoms with Gasteiger partial charge in [0.1, 0.15) is 19.3 Å². The van der Waals surface area contributed by atoms with Crippen LogP contribution in [0.4, 0.5) is 0 Å². The predicted molar refractivity (Wildman–Crippen MR) is 265 cm³/mol. The van der Waals surface area contributed by atoms with Gasteiger partial charge in [0.25, 0.3) is 0 Å². The number of unbranched alkanes of at least 4 members (excludes halogenated alkanes) is 14. The average molecular weight is 887 g/mol. The molecule has 0 aromatic carbocycles. The van der Waals surface area contributed by atoms with Gasteiger partial charge in [-0.2, -0.15) is 0 Å². The molecule has 0 aliphatic rings. The van der Waals surface area contributed by atoms with Gasteiger partial charge in [0, 0.05) is 13.0 Å². The first-order valence-corrected chi connectivity index (χ1v) is 26.0. The lowest BCUT2D eigenvalue weighted by atomic mass is 10.1. The van der Waals surface area contributed by atoms with Crippen molar-refractivity contribution in [1.82, 2.24) is 0 Å². The molecule has 0 radical (unpaired) electrons. The predicted octanol–water partition coefficient (Wildman–Crippen LogP) is 15.0. The van der Waals surface area contributed by atoms with Crippen LogP contribution in [0.1, 0.15) is 174 Å². The largest absolute Gasteiger partial charge is 0.472 e. The Hall–Kier alpha value is -2.58. The van der Waals surface area contributed by atoms with Crippen molar-refractivity contribution in [3.63, 3.8) is 0 Å². The molecule has 2 unspecified atom stereocenters. The van der Waals surface area contributed by atoms with Crippen molar-refractivity contribution in [3.05, 3.63) is 97.2 Å². The highest BCUT2D eigenvalue weighted by Crippen LogP contribution is 2.43. The Morgan fingerprint density at radius 2 is 0.935 bits per heavy atom. The van der Waals surface area contributed by atoms with Crippen LogP contribution < -0.4 is 0 Å². The second-order valence-corrected chi connectivity index (χ2v) is 18.6. The number of ether oxygens (including phenoxy) is 2. The molecule has 0 rings (SSSR count). The summed E-state index contributed by atoms with van der Waals surface area (Å²) in [5.41, 5.74) is 0. The van der Waals surface area contributed by atoms with Crippen LogP contribution in [0.5, 0.6) is 0 Å². The van der Waals surface area contributed by atoms with Gasteiger partial charge in [0.05, 0.1) is 34.4 Å². The molecule has 2 atom stereocenters. The van der Waals surface area contributed by atoms with E-state index >= 15 is 0 Å². The number of hydrogen-bond acceptors (Lipinski definition) is 6. The van der Waals surface area contributed by atoms with Crippen molar-refractivity contribution in [2.45, 2.75) is 180 Å². The number of rotatable bonds is 44. The summed E-state index contributed by atoms with van der Waals surface area (Å²) < 4.78 is 35.1. The number of phosphoric acid groups is 1. The minimum atomic E-state index is -4.29. The van der Waals surface area contributed by atoms with Gasteiger partial charge in [0.2, 0.25) is 0 Å². The van der Waals surface area contributed by atoms with E-state index in [4.69, 9.17) is 18.5 Å². The molecule has 0 saturated carbocycles. The van der Waals surface area contributed by atoms with E-state index in [1.807, 2.05) is 21.1 Å². The first-order valence-electron chi connectivity index (χ1n) is 24.5. The van der Waals surface area contributed by atoms with E-state index in [2.05, 4.69) is 111 Å². The van der Waals surface area contributed by atoms with Gasteiger partial charge >= 0.3 is 13.8 Å². The summed E-state index contributed by atoms with van der Waals surface area (Å²) in [4.78, 5) is 23.0. The first kappa shape index (κ1) is 59.4. The molecule has 8 nitrogen and oxygen atoms in total. The molecular formula is C53H93NO7P+. The van der Waals surface area contributed by atoms with Crippen LogP contribution in [0.2, 0.25) is 0 Å². The molecule has 0 aliphatic heterocycles. The number of carbonyl (C=O) groups excluding carboxylic acids is 1. The molecule has 0 fully saturated rings. The van der Waals surface area contributed by atoms with Crippen LogP contribution in [-0.2, 0) is 27.9 Å². The third-order valence-corrected chi connectivity index (χ3v) is 10.9. The van der Waals surface area contributed by atoms with E-state index in [-0.39, 0.29) is 25.8 Å². The van der Waals surface area contributed by atoms with E-state index in [0.29, 0.717) is 24.1 Å². The molecule has 0 bridgehead atoms. The zero-order valence-corrected chi connectivity index (χ0v) is 41.2. The van der Waals surface area contributed by atoms with Crippen molar-refractivity contribution >= 4 is 13.8 Å². The van der Waals surface area contributed by atoms with Gasteiger partial charge in [-0.1, -0.05) is 175 Å². The lowest BCUT2D eigenvalue weighted by molar-refractivity contribution is -0.870. The first-order chi connectivity index (χ1) is 30.1. The highest BCUT2D eigenvalue weighted by atomic mass is 31.2. The van der Waals surface area contributed by atoms with E-state index < -0.39 is 13.9 Å². The molecule has 0 amide bonds. The number of hydrogen-bond donors (Lipinski definition) is 1. The zero-order valence-electron chi connectivity index (χ0n) is 40.3. The molecule has 0 aliphatic carbocycles. The number of nitrogens with zero attached hydrogens (tertiary/aromatic N) is 1. The summed E-state index contributed by atoms with van der Waals surface area (Å²) in [5, 5.41) is 0. The molecule has 0 heterocycles. The molecule has 62 heavy (non-hydrogen) atoms. The second kappa shape index (κ2) is 45.0. The molecule has 0 aromatic rings. The highest BCUT2D eigenvalue weighted by molar-refractivity contribution is 7.47. The Bertz CT molecular complexity index is 1310. The Kier molecular flexibility index (Phi) is 43.1. The van der Waals surface area contributed by atoms with E-state index in [9.17, 15) is 14.3 Å². The van der Waals surface area contributed by atoms with Crippen molar-refractivity contribution < 1.29 is 37.3 Å². The zero-order chi connectivity index (χ0) is 45.5. The topological polar surface area (TPSA) is 91.3 Å². The van der Waals surface area contributed by atoms with Crippen molar-refractivity contribution in [2.75, 3.05) is 54.1 Å². The van der Waals surface area contributed by atoms with Gasteiger partial charge in [-0.3, -0.25) is 13.8 Å². The summed E-state index contributed by atoms with van der Waals surface area (Å²) in [6, 6.07) is 0. The van der Waals surface area contributed by atoms with E-state index in [1.54, 1.807) is 0 Å². The molecule has 9 heteroatoms. The third kappa shape index (κ3) is 48.5. The molecule has 356 valence electrons. The summed E-state index contributed by atoms with van der Waals surface area (Å²) in [6.45, 7) is 5.40. The van der Waals surface area contributed by atoms with E-state index in [0.717, 1.165) is 103 Å². The second-order valence-electron chi connectivity index (χ2n) is 17.1. The van der Waals surface area contributed by atoms with Crippen LogP contribution in [0.3, 0.4) is 0 Å². The molecule has 0 saturated heterocycles. The fraction of sp³-hybridized carbons (Fsp3) is 0.679. The SMILES string of the molecule is CC/C=C\C/C=C\C/C=C\C/C=C\C/C=C\C/C=C\CCCCCCCCC(=O)OC(COCCCCCCCC/C=C\C/C=C\CCCC)COP(=O)(O)OCC[N+](C)(C)C. The van der Waals surface area contributed by atoms with Crippen molar-refractivity contribution in [1.29, 1.82) is 0 Å². The van der Waals surface area contributed by atoms with E-state index in [1.165, 1.54) is 51.4 Å². The highest BCUT2D eigenvalue weighted by Gasteiger charge is 2.26. The fourth-order valence-electron chi connectivity index (χ4n) is 6.10. The van der Waals surface area contributed by atoms with Crippen molar-refractivity contribution in [3.8, 4) is 0 Å². The van der Waals surface area contributed by atoms with Crippen LogP contribution in [0, 0.1) is 0 Å². The smallest absolute Gasteiger partial charge is 0.457 e. The fourth-order valence-corrected chi connectivity index (χ4v) is 6.84. The summed E-state index contributed by atoms with van der Waals surface area (Å²) in [5.74, 6) is -0.336. The lowest BCUT2D eigenvalue weighted by Crippen LogP contribution is -2.37. The normalized spacial score (nSPS) is 14.5. The minimum absolute atomic E-state index is 0.0776. The monoisotopic (exact) mass is 887 g/mol. The average Bonchev–Trinajstić information content (AvgIpc) is 3.23. The van der Waals surface area contributed by atoms with Crippen LogP contribution in [-0.4, -0.2) is 75.6 Å². The van der Waals surface area contributed by atoms with Gasteiger partial charge in [-0.25, -0.2) is 4.57 Å².